The van der Waals surface area contributed by atoms with Crippen LogP contribution in [0.1, 0.15) is 36.5 Å². The molecule has 0 bridgehead atoms. The van der Waals surface area contributed by atoms with Gasteiger partial charge >= 0.3 is 0 Å². The van der Waals surface area contributed by atoms with E-state index < -0.39 is 0 Å². The van der Waals surface area contributed by atoms with Crippen LogP contribution in [0.2, 0.25) is 0 Å². The van der Waals surface area contributed by atoms with Gasteiger partial charge in [-0.15, -0.1) is 11.3 Å². The van der Waals surface area contributed by atoms with Crippen molar-refractivity contribution in [2.24, 2.45) is 0 Å². The van der Waals surface area contributed by atoms with E-state index in [1.165, 1.54) is 21.9 Å². The highest BCUT2D eigenvalue weighted by molar-refractivity contribution is 7.15. The van der Waals surface area contributed by atoms with Crippen molar-refractivity contribution >= 4 is 22.2 Å². The van der Waals surface area contributed by atoms with Crippen LogP contribution in [-0.2, 0) is 0 Å². The van der Waals surface area contributed by atoms with Crippen molar-refractivity contribution in [2.75, 3.05) is 6.54 Å². The highest BCUT2D eigenvalue weighted by atomic mass is 32.1. The Bertz CT molecular complexity index is 747. The first-order chi connectivity index (χ1) is 10.2. The Morgan fingerprint density at radius 3 is 3.19 bits per heavy atom. The first kappa shape index (κ1) is 14.0. The average Bonchev–Trinajstić information content (AvgIpc) is 3.14. The lowest BCUT2D eigenvalue weighted by molar-refractivity contribution is 0.0741. The Morgan fingerprint density at radius 2 is 2.38 bits per heavy atom. The van der Waals surface area contributed by atoms with Crippen LogP contribution >= 0.6 is 11.3 Å². The SMILES string of the molecule is CCCCC1C=CCN1C(=O)c1cnc2sccn2c1=O. The van der Waals surface area contributed by atoms with Crippen molar-refractivity contribution in [3.63, 3.8) is 0 Å². The second kappa shape index (κ2) is 5.81. The number of unbranched alkanes of at least 4 members (excludes halogenated alkanes) is 1. The number of hydrogen-bond acceptors (Lipinski definition) is 4. The van der Waals surface area contributed by atoms with E-state index in [-0.39, 0.29) is 23.1 Å². The molecule has 6 heteroatoms. The van der Waals surface area contributed by atoms with Crippen LogP contribution in [0, 0.1) is 0 Å². The average molecular weight is 303 g/mol. The Kier molecular flexibility index (Phi) is 3.88. The third kappa shape index (κ3) is 2.51. The van der Waals surface area contributed by atoms with E-state index >= 15 is 0 Å². The van der Waals surface area contributed by atoms with Gasteiger partial charge in [0.15, 0.2) is 4.96 Å². The van der Waals surface area contributed by atoms with E-state index in [0.717, 1.165) is 19.3 Å². The van der Waals surface area contributed by atoms with Crippen molar-refractivity contribution in [2.45, 2.75) is 32.2 Å². The molecule has 21 heavy (non-hydrogen) atoms. The predicted molar refractivity (Wildman–Crippen MR) is 82.8 cm³/mol. The zero-order valence-electron chi connectivity index (χ0n) is 11.9. The van der Waals surface area contributed by atoms with Crippen LogP contribution in [0.15, 0.2) is 34.7 Å². The number of fused-ring (bicyclic) bond motifs is 1. The Morgan fingerprint density at radius 1 is 1.52 bits per heavy atom. The van der Waals surface area contributed by atoms with Gasteiger partial charge in [-0.3, -0.25) is 14.0 Å². The summed E-state index contributed by atoms with van der Waals surface area (Å²) in [5, 5.41) is 1.79. The molecule has 0 saturated heterocycles. The van der Waals surface area contributed by atoms with E-state index in [2.05, 4.69) is 18.0 Å². The van der Waals surface area contributed by atoms with E-state index in [4.69, 9.17) is 0 Å². The summed E-state index contributed by atoms with van der Waals surface area (Å²) in [4.78, 5) is 31.6. The molecule has 5 nitrogen and oxygen atoms in total. The van der Waals surface area contributed by atoms with Crippen LogP contribution < -0.4 is 5.56 Å². The number of amides is 1. The molecule has 1 aliphatic heterocycles. The molecule has 3 rings (SSSR count). The molecular formula is C15H17N3O2S. The maximum absolute atomic E-state index is 12.6. The van der Waals surface area contributed by atoms with Crippen LogP contribution in [0.4, 0.5) is 0 Å². The standard InChI is InChI=1S/C15H17N3O2S/c1-2-3-5-11-6-4-7-17(11)13(19)12-10-16-15-18(14(12)20)8-9-21-15/h4,6,8-11H,2-3,5,7H2,1H3. The lowest BCUT2D eigenvalue weighted by atomic mass is 10.1. The molecule has 1 aliphatic rings. The molecule has 0 N–H and O–H groups in total. The summed E-state index contributed by atoms with van der Waals surface area (Å²) in [6.07, 6.45) is 10.2. The molecule has 0 radical (unpaired) electrons. The summed E-state index contributed by atoms with van der Waals surface area (Å²) < 4.78 is 1.43. The van der Waals surface area contributed by atoms with Crippen molar-refractivity contribution in [3.05, 3.63) is 45.8 Å². The largest absolute Gasteiger partial charge is 0.328 e. The second-order valence-electron chi connectivity index (χ2n) is 5.13. The lowest BCUT2D eigenvalue weighted by Gasteiger charge is -2.24. The van der Waals surface area contributed by atoms with Gasteiger partial charge in [0.2, 0.25) is 0 Å². The van der Waals surface area contributed by atoms with Crippen LogP contribution in [-0.4, -0.2) is 32.8 Å². The molecule has 0 saturated carbocycles. The summed E-state index contributed by atoms with van der Waals surface area (Å²) in [5.74, 6) is -0.223. The molecule has 1 atom stereocenters. The van der Waals surface area contributed by atoms with Gasteiger partial charge in [-0.2, -0.15) is 0 Å². The summed E-state index contributed by atoms with van der Waals surface area (Å²) in [5.41, 5.74) is -0.136. The molecule has 0 aliphatic carbocycles. The van der Waals surface area contributed by atoms with Gasteiger partial charge in [0.1, 0.15) is 5.56 Å². The van der Waals surface area contributed by atoms with E-state index in [0.29, 0.717) is 11.5 Å². The normalized spacial score (nSPS) is 17.8. The summed E-state index contributed by atoms with van der Waals surface area (Å²) in [6, 6.07) is 0.0972. The molecule has 1 amide bonds. The first-order valence-corrected chi connectivity index (χ1v) is 8.03. The third-order valence-corrected chi connectivity index (χ3v) is 4.52. The van der Waals surface area contributed by atoms with Crippen molar-refractivity contribution in [1.29, 1.82) is 0 Å². The minimum Gasteiger partial charge on any atom is -0.328 e. The third-order valence-electron chi connectivity index (χ3n) is 3.75. The Hall–Kier alpha value is -1.95. The van der Waals surface area contributed by atoms with E-state index in [1.807, 2.05) is 6.08 Å². The van der Waals surface area contributed by atoms with Gasteiger partial charge in [0.05, 0.1) is 6.04 Å². The molecule has 1 unspecified atom stereocenters. The van der Waals surface area contributed by atoms with Gasteiger partial charge in [-0.1, -0.05) is 31.9 Å². The monoisotopic (exact) mass is 303 g/mol. The fraction of sp³-hybridized carbons (Fsp3) is 0.400. The number of nitrogens with zero attached hydrogens (tertiary/aromatic N) is 3. The number of rotatable bonds is 4. The maximum Gasteiger partial charge on any atom is 0.271 e. The molecule has 0 fully saturated rings. The van der Waals surface area contributed by atoms with Gasteiger partial charge in [-0.25, -0.2) is 4.98 Å². The molecule has 2 aromatic rings. The zero-order valence-corrected chi connectivity index (χ0v) is 12.7. The van der Waals surface area contributed by atoms with Gasteiger partial charge in [0.25, 0.3) is 11.5 Å². The smallest absolute Gasteiger partial charge is 0.271 e. The number of carbonyl (C=O) groups excluding carboxylic acids is 1. The number of thiazole rings is 1. The van der Waals surface area contributed by atoms with Gasteiger partial charge in [0, 0.05) is 24.3 Å². The minimum atomic E-state index is -0.285. The summed E-state index contributed by atoms with van der Waals surface area (Å²) in [6.45, 7) is 2.70. The molecule has 3 heterocycles. The molecule has 110 valence electrons. The highest BCUT2D eigenvalue weighted by Crippen LogP contribution is 2.18. The van der Waals surface area contributed by atoms with Crippen molar-refractivity contribution < 1.29 is 4.79 Å². The number of hydrogen-bond donors (Lipinski definition) is 0. The first-order valence-electron chi connectivity index (χ1n) is 7.15. The van der Waals surface area contributed by atoms with Crippen LogP contribution in [0.5, 0.6) is 0 Å². The summed E-state index contributed by atoms with van der Waals surface area (Å²) >= 11 is 1.38. The second-order valence-corrected chi connectivity index (χ2v) is 6.00. The topological polar surface area (TPSA) is 54.7 Å². The van der Waals surface area contributed by atoms with E-state index in [9.17, 15) is 9.59 Å². The fourth-order valence-corrected chi connectivity index (χ4v) is 3.27. The van der Waals surface area contributed by atoms with E-state index in [1.54, 1.807) is 16.5 Å². The van der Waals surface area contributed by atoms with Crippen LogP contribution in [0.3, 0.4) is 0 Å². The summed E-state index contributed by atoms with van der Waals surface area (Å²) in [7, 11) is 0. The predicted octanol–water partition coefficient (Wildman–Crippen LogP) is 2.33. The molecular weight excluding hydrogens is 286 g/mol. The zero-order chi connectivity index (χ0) is 14.8. The van der Waals surface area contributed by atoms with Crippen molar-refractivity contribution in [3.8, 4) is 0 Å². The molecule has 0 aromatic carbocycles. The van der Waals surface area contributed by atoms with Gasteiger partial charge in [-0.05, 0) is 6.42 Å². The Balaban J connectivity index is 1.89. The maximum atomic E-state index is 12.6. The van der Waals surface area contributed by atoms with Crippen LogP contribution in [0.25, 0.3) is 4.96 Å². The quantitative estimate of drug-likeness (QED) is 0.815. The lowest BCUT2D eigenvalue weighted by Crippen LogP contribution is -2.39. The van der Waals surface area contributed by atoms with Gasteiger partial charge < -0.3 is 4.90 Å². The minimum absolute atomic E-state index is 0.0972. The highest BCUT2D eigenvalue weighted by Gasteiger charge is 2.27. The molecule has 2 aromatic heterocycles. The number of aromatic nitrogens is 2. The fourth-order valence-electron chi connectivity index (χ4n) is 2.60. The number of carbonyl (C=O) groups is 1. The molecule has 0 spiro atoms. The van der Waals surface area contributed by atoms with Crippen molar-refractivity contribution in [1.82, 2.24) is 14.3 Å². The Labute approximate surface area is 126 Å².